The second-order valence-electron chi connectivity index (χ2n) is 29.4. The molecule has 1 aromatic rings. The molecule has 7 atom stereocenters. The number of benzene rings is 1. The summed E-state index contributed by atoms with van der Waals surface area (Å²) in [4.78, 5) is 177. The van der Waals surface area contributed by atoms with E-state index in [1.165, 1.54) is 81.1 Å². The molecule has 3 aliphatic carbocycles. The third-order valence-electron chi connectivity index (χ3n) is 21.6. The third kappa shape index (κ3) is 22.6. The van der Waals surface area contributed by atoms with Gasteiger partial charge in [-0.3, -0.25) is 57.7 Å². The highest BCUT2D eigenvalue weighted by atomic mass is 35.5. The molecule has 3 N–H and O–H groups in total. The van der Waals surface area contributed by atoms with E-state index < -0.39 is 156 Å². The Labute approximate surface area is 600 Å². The van der Waals surface area contributed by atoms with Crippen molar-refractivity contribution in [3.8, 4) is 0 Å². The molecule has 1 spiro atoms. The Hall–Kier alpha value is -6.87. The minimum absolute atomic E-state index is 0.0118. The van der Waals surface area contributed by atoms with Crippen LogP contribution in [0.15, 0.2) is 30.4 Å². The van der Waals surface area contributed by atoms with E-state index in [9.17, 15) is 41.9 Å². The van der Waals surface area contributed by atoms with Crippen LogP contribution in [0.1, 0.15) is 180 Å². The minimum Gasteiger partial charge on any atom is -0.381 e. The maximum Gasteiger partial charge on any atom is 0.417 e. The highest BCUT2D eigenvalue weighted by Crippen LogP contribution is 2.40. The van der Waals surface area contributed by atoms with Gasteiger partial charge < -0.3 is 55.0 Å². The maximum atomic E-state index is 16.1. The Morgan fingerprint density at radius 2 is 1.28 bits per heavy atom. The van der Waals surface area contributed by atoms with Crippen LogP contribution in [0.2, 0.25) is 5.02 Å². The van der Waals surface area contributed by atoms with Crippen molar-refractivity contribution in [2.24, 2.45) is 23.7 Å². The number of ether oxygens (including phenoxy) is 1. The Morgan fingerprint density at radius 1 is 0.683 bits per heavy atom. The van der Waals surface area contributed by atoms with Crippen molar-refractivity contribution >= 4 is 76.7 Å². The number of methoxy groups -OCH3 is 1. The standard InChI is InChI=1S/C73H114ClF3N12O12/c1-13-49(4)63-69(98)83(7)46-61(92)81(5)47-62(93)85(9)57(43-50-27-17-14-18-28-50)67(96)82(6)45-59(90)78-55(34-32-51-31-33-53(54(74)42-51)73(75,76)77)66(95)89(39-25-26-40-101-12)71(100)80-72(35-21-22-36-72)87(11)64(52-29-19-15-20-30-52)70(99)86(10)58(68(97)88-37-23-16-24-38-88)44-60(91)84(8)56(41-48(2)3)65(94)79-63/h25-26,31,33,42,48-50,52,55-58,63-64H,13-24,27-30,32,34-41,43-47H2,1-12H3,(H,78,90)(H,79,94)(H,80,100)/b26-25+/t49-,55+,56-,57-,58-,63?,64?/m0/s1. The van der Waals surface area contributed by atoms with Crippen molar-refractivity contribution in [1.82, 2.24) is 60.0 Å². The molecule has 24 nitrogen and oxygen atoms in total. The van der Waals surface area contributed by atoms with Crippen molar-refractivity contribution in [3.05, 3.63) is 46.5 Å². The summed E-state index contributed by atoms with van der Waals surface area (Å²) in [7, 11) is 11.8. The smallest absolute Gasteiger partial charge is 0.381 e. The molecule has 3 saturated carbocycles. The van der Waals surface area contributed by atoms with Crippen LogP contribution in [0, 0.1) is 23.7 Å². The number of likely N-dealkylation sites (tertiary alicyclic amines) is 1. The summed E-state index contributed by atoms with van der Waals surface area (Å²) >= 11 is 6.21. The molecule has 0 bridgehead atoms. The van der Waals surface area contributed by atoms with Gasteiger partial charge in [0.1, 0.15) is 30.2 Å². The van der Waals surface area contributed by atoms with Gasteiger partial charge >= 0.3 is 12.2 Å². The molecular weight excluding hydrogens is 1330 g/mol. The zero-order chi connectivity index (χ0) is 74.6. The average Bonchev–Trinajstić information content (AvgIpc) is 1.76. The van der Waals surface area contributed by atoms with Gasteiger partial charge in [-0.2, -0.15) is 13.2 Å². The normalized spacial score (nSPS) is 25.5. The van der Waals surface area contributed by atoms with E-state index in [1.54, 1.807) is 24.9 Å². The second kappa shape index (κ2) is 38.6. The molecule has 5 fully saturated rings. The predicted molar refractivity (Wildman–Crippen MR) is 377 cm³/mol. The lowest BCUT2D eigenvalue weighted by Gasteiger charge is -2.48. The number of rotatable bonds is 15. The van der Waals surface area contributed by atoms with E-state index in [1.807, 2.05) is 25.7 Å². The van der Waals surface area contributed by atoms with Crippen LogP contribution < -0.4 is 16.0 Å². The number of nitrogens with zero attached hydrogens (tertiary/aromatic N) is 9. The molecule has 5 aliphatic rings. The molecule has 2 unspecified atom stereocenters. The van der Waals surface area contributed by atoms with E-state index >= 15 is 24.0 Å². The van der Waals surface area contributed by atoms with Crippen LogP contribution in [0.5, 0.6) is 0 Å². The number of amides is 12. The van der Waals surface area contributed by atoms with E-state index in [4.69, 9.17) is 16.3 Å². The lowest BCUT2D eigenvalue weighted by Crippen LogP contribution is -2.68. The van der Waals surface area contributed by atoms with Crippen molar-refractivity contribution in [2.45, 2.75) is 223 Å². The monoisotopic (exact) mass is 1440 g/mol. The van der Waals surface area contributed by atoms with Gasteiger partial charge in [-0.25, -0.2) is 4.79 Å². The molecule has 2 saturated heterocycles. The molecule has 28 heteroatoms. The van der Waals surface area contributed by atoms with Crippen molar-refractivity contribution < 1.29 is 70.6 Å². The SMILES string of the molecule is CC[C@H](C)C1NC(=O)[C@H](CC(C)C)N(C)C(=O)C[C@@H](C(=O)N2CCCCC2)N(C)C(=O)C(C2CCCCC2)N(C)C2(CCCC2)NC(=O)N(C/C=C/COC)C(=O)[C@@H](CCc2ccc(C(F)(F)F)c(Cl)c2)NC(=O)CN(C)C(=O)[C@H](CC2CCCCC2)N(C)C(=O)CN(C)C(=O)CN(C)C1=O. The van der Waals surface area contributed by atoms with Crippen LogP contribution in [-0.2, 0) is 65.3 Å². The zero-order valence-corrected chi connectivity index (χ0v) is 62.6. The minimum atomic E-state index is -4.78. The lowest BCUT2D eigenvalue weighted by molar-refractivity contribution is -0.154. The molecule has 2 heterocycles. The summed E-state index contributed by atoms with van der Waals surface area (Å²) in [6.07, 6.45) is 10.2. The van der Waals surface area contributed by atoms with Gasteiger partial charge in [0.15, 0.2) is 0 Å². The van der Waals surface area contributed by atoms with Gasteiger partial charge in [0.05, 0.1) is 55.0 Å². The number of piperidine rings is 1. The number of urea groups is 1. The average molecular weight is 1440 g/mol. The van der Waals surface area contributed by atoms with Crippen LogP contribution in [0.25, 0.3) is 0 Å². The summed E-state index contributed by atoms with van der Waals surface area (Å²) in [6, 6.07) is -5.22. The fraction of sp³-hybridized carbons (Fsp3) is 0.740. The van der Waals surface area contributed by atoms with Gasteiger partial charge in [0.2, 0.25) is 53.2 Å². The molecule has 101 heavy (non-hydrogen) atoms. The molecule has 1 aromatic carbocycles. The summed E-state index contributed by atoms with van der Waals surface area (Å²) in [5, 5.41) is 8.30. The number of alkyl halides is 3. The van der Waals surface area contributed by atoms with Crippen LogP contribution in [-0.4, -0.2) is 253 Å². The molecule has 566 valence electrons. The predicted octanol–water partition coefficient (Wildman–Crippen LogP) is 7.49. The number of hydrogen-bond donors (Lipinski definition) is 3. The maximum absolute atomic E-state index is 16.1. The highest BCUT2D eigenvalue weighted by molar-refractivity contribution is 6.31. The number of nitrogens with one attached hydrogen (secondary N) is 3. The fourth-order valence-electron chi connectivity index (χ4n) is 15.1. The van der Waals surface area contributed by atoms with E-state index in [0.29, 0.717) is 70.9 Å². The van der Waals surface area contributed by atoms with Gasteiger partial charge in [0.25, 0.3) is 5.91 Å². The molecule has 0 radical (unpaired) electrons. The van der Waals surface area contributed by atoms with Crippen LogP contribution in [0.4, 0.5) is 18.0 Å². The highest BCUT2D eigenvalue weighted by Gasteiger charge is 2.50. The first-order valence-electron chi connectivity index (χ1n) is 36.5. The van der Waals surface area contributed by atoms with Gasteiger partial charge in [-0.15, -0.1) is 0 Å². The molecule has 2 aliphatic heterocycles. The first kappa shape index (κ1) is 83.1. The quantitative estimate of drug-likeness (QED) is 0.144. The second-order valence-corrected chi connectivity index (χ2v) is 29.9. The summed E-state index contributed by atoms with van der Waals surface area (Å²) < 4.78 is 47.2. The first-order valence-corrected chi connectivity index (χ1v) is 36.9. The van der Waals surface area contributed by atoms with E-state index in [2.05, 4.69) is 16.0 Å². The number of halogens is 4. The molecular formula is C73H114ClF3N12O12. The van der Waals surface area contributed by atoms with Crippen molar-refractivity contribution in [1.29, 1.82) is 0 Å². The zero-order valence-electron chi connectivity index (χ0n) is 61.8. The molecule has 6 rings (SSSR count). The third-order valence-corrected chi connectivity index (χ3v) is 21.9. The number of carbonyl (C=O) groups is 11. The van der Waals surface area contributed by atoms with Crippen LogP contribution in [0.3, 0.4) is 0 Å². The largest absolute Gasteiger partial charge is 0.417 e. The topological polar surface area (TPSA) is 262 Å². The Balaban J connectivity index is 1.50. The van der Waals surface area contributed by atoms with Crippen LogP contribution >= 0.6 is 11.6 Å². The Bertz CT molecular complexity index is 3060. The number of likely N-dealkylation sites (N-methyl/N-ethyl adjacent to an activating group) is 7. The fourth-order valence-corrected chi connectivity index (χ4v) is 15.4. The number of hydrogen-bond acceptors (Lipinski definition) is 13. The summed E-state index contributed by atoms with van der Waals surface area (Å²) in [6.45, 7) is 6.17. The number of imide groups is 1. The van der Waals surface area contributed by atoms with Gasteiger partial charge in [-0.05, 0) is 132 Å². The summed E-state index contributed by atoms with van der Waals surface area (Å²) in [5.41, 5.74) is -2.14. The Kier molecular flexibility index (Phi) is 31.7. The summed E-state index contributed by atoms with van der Waals surface area (Å²) in [5.74, 6) is -7.46. The molecule has 0 aromatic heterocycles. The number of carbonyl (C=O) groups excluding carboxylic acids is 11. The van der Waals surface area contributed by atoms with Gasteiger partial charge in [-0.1, -0.05) is 115 Å². The lowest BCUT2D eigenvalue weighted by atomic mass is 9.81. The van der Waals surface area contributed by atoms with Gasteiger partial charge in [0, 0.05) is 69.0 Å². The number of aryl methyl sites for hydroxylation is 1. The molecule has 12 amide bonds. The van der Waals surface area contributed by atoms with E-state index in [-0.39, 0.29) is 62.2 Å². The van der Waals surface area contributed by atoms with E-state index in [0.717, 1.165) is 84.6 Å². The van der Waals surface area contributed by atoms with Crippen molar-refractivity contribution in [3.63, 3.8) is 0 Å². The Morgan fingerprint density at radius 3 is 1.87 bits per heavy atom. The van der Waals surface area contributed by atoms with Crippen molar-refractivity contribution in [2.75, 3.05) is 102 Å². The first-order chi connectivity index (χ1) is 47.7.